The first-order valence-corrected chi connectivity index (χ1v) is 6.93. The van der Waals surface area contributed by atoms with E-state index in [-0.39, 0.29) is 5.75 Å². The zero-order valence-electron chi connectivity index (χ0n) is 11.8. The van der Waals surface area contributed by atoms with Crippen LogP contribution in [0.2, 0.25) is 0 Å². The van der Waals surface area contributed by atoms with Crippen LogP contribution in [0.5, 0.6) is 11.5 Å². The third-order valence-corrected chi connectivity index (χ3v) is 3.64. The van der Waals surface area contributed by atoms with Crippen molar-refractivity contribution in [3.8, 4) is 11.5 Å². The van der Waals surface area contributed by atoms with Gasteiger partial charge in [0.2, 0.25) is 0 Å². The van der Waals surface area contributed by atoms with Crippen molar-refractivity contribution in [3.05, 3.63) is 23.8 Å². The zero-order valence-corrected chi connectivity index (χ0v) is 11.8. The first-order chi connectivity index (χ1) is 9.24. The van der Waals surface area contributed by atoms with Crippen molar-refractivity contribution in [1.82, 2.24) is 4.90 Å². The second-order valence-electron chi connectivity index (χ2n) is 4.91. The van der Waals surface area contributed by atoms with E-state index in [4.69, 9.17) is 9.47 Å². The lowest BCUT2D eigenvalue weighted by Gasteiger charge is -2.31. The SMILES string of the molecule is CCOc1cccc(CN2CCC(OC)CC2)c1O. The van der Waals surface area contributed by atoms with Crippen molar-refractivity contribution >= 4 is 0 Å². The molecule has 0 bridgehead atoms. The van der Waals surface area contributed by atoms with E-state index < -0.39 is 0 Å². The molecule has 1 fully saturated rings. The molecular weight excluding hydrogens is 242 g/mol. The van der Waals surface area contributed by atoms with E-state index in [1.54, 1.807) is 13.2 Å². The van der Waals surface area contributed by atoms with Gasteiger partial charge in [0.25, 0.3) is 0 Å². The molecule has 1 aromatic rings. The molecule has 0 spiro atoms. The van der Waals surface area contributed by atoms with E-state index in [0.29, 0.717) is 18.5 Å². The molecular formula is C15H23NO3. The third-order valence-electron chi connectivity index (χ3n) is 3.64. The molecule has 0 saturated carbocycles. The molecule has 4 nitrogen and oxygen atoms in total. The summed E-state index contributed by atoms with van der Waals surface area (Å²) in [5.74, 6) is 0.852. The molecule has 19 heavy (non-hydrogen) atoms. The number of likely N-dealkylation sites (tertiary alicyclic amines) is 1. The Morgan fingerprint density at radius 3 is 2.68 bits per heavy atom. The molecule has 2 rings (SSSR count). The largest absolute Gasteiger partial charge is 0.504 e. The number of aromatic hydroxyl groups is 1. The minimum atomic E-state index is 0.276. The molecule has 0 aromatic heterocycles. The standard InChI is InChI=1S/C15H23NO3/c1-3-19-14-6-4-5-12(15(14)17)11-16-9-7-13(18-2)8-10-16/h4-6,13,17H,3,7-11H2,1-2H3. The van der Waals surface area contributed by atoms with Gasteiger partial charge in [0.1, 0.15) is 0 Å². The van der Waals surface area contributed by atoms with Crippen LogP contribution in [0.1, 0.15) is 25.3 Å². The number of rotatable bonds is 5. The van der Waals surface area contributed by atoms with Crippen molar-refractivity contribution in [2.75, 3.05) is 26.8 Å². The molecule has 1 saturated heterocycles. The number of piperidine rings is 1. The lowest BCUT2D eigenvalue weighted by atomic mass is 10.1. The molecule has 1 aromatic carbocycles. The van der Waals surface area contributed by atoms with E-state index in [0.717, 1.165) is 38.0 Å². The van der Waals surface area contributed by atoms with Crippen molar-refractivity contribution in [2.24, 2.45) is 0 Å². The van der Waals surface area contributed by atoms with Crippen LogP contribution in [-0.2, 0) is 11.3 Å². The number of para-hydroxylation sites is 1. The quantitative estimate of drug-likeness (QED) is 0.887. The lowest BCUT2D eigenvalue weighted by Crippen LogP contribution is -2.36. The summed E-state index contributed by atoms with van der Waals surface area (Å²) in [6, 6.07) is 5.70. The molecule has 0 atom stereocenters. The minimum absolute atomic E-state index is 0.276. The Morgan fingerprint density at radius 1 is 1.32 bits per heavy atom. The van der Waals surface area contributed by atoms with Gasteiger partial charge in [0.05, 0.1) is 12.7 Å². The van der Waals surface area contributed by atoms with Crippen molar-refractivity contribution in [3.63, 3.8) is 0 Å². The van der Waals surface area contributed by atoms with E-state index in [1.165, 1.54) is 0 Å². The summed E-state index contributed by atoms with van der Waals surface area (Å²) in [6.45, 7) is 5.27. The smallest absolute Gasteiger partial charge is 0.162 e. The summed E-state index contributed by atoms with van der Waals surface area (Å²) in [4.78, 5) is 2.35. The van der Waals surface area contributed by atoms with E-state index in [1.807, 2.05) is 19.1 Å². The van der Waals surface area contributed by atoms with Gasteiger partial charge in [-0.05, 0) is 25.8 Å². The fraction of sp³-hybridized carbons (Fsp3) is 0.600. The summed E-state index contributed by atoms with van der Waals surface area (Å²) in [5.41, 5.74) is 0.932. The van der Waals surface area contributed by atoms with Gasteiger partial charge in [-0.15, -0.1) is 0 Å². The van der Waals surface area contributed by atoms with Gasteiger partial charge in [-0.3, -0.25) is 4.90 Å². The molecule has 1 aliphatic rings. The van der Waals surface area contributed by atoms with Crippen LogP contribution in [0.4, 0.5) is 0 Å². The van der Waals surface area contributed by atoms with Crippen molar-refractivity contribution < 1.29 is 14.6 Å². The van der Waals surface area contributed by atoms with Crippen LogP contribution in [0.25, 0.3) is 0 Å². The highest BCUT2D eigenvalue weighted by atomic mass is 16.5. The summed E-state index contributed by atoms with van der Waals surface area (Å²) in [7, 11) is 1.78. The van der Waals surface area contributed by atoms with Gasteiger partial charge in [0.15, 0.2) is 11.5 Å². The Kier molecular flexibility index (Phi) is 5.05. The molecule has 1 N–H and O–H groups in total. The molecule has 1 aliphatic heterocycles. The maximum Gasteiger partial charge on any atom is 0.162 e. The Bertz CT molecular complexity index is 400. The van der Waals surface area contributed by atoms with Gasteiger partial charge in [0, 0.05) is 32.3 Å². The maximum atomic E-state index is 10.2. The zero-order chi connectivity index (χ0) is 13.7. The lowest BCUT2D eigenvalue weighted by molar-refractivity contribution is 0.0386. The van der Waals surface area contributed by atoms with Gasteiger partial charge in [-0.25, -0.2) is 0 Å². The highest BCUT2D eigenvalue weighted by molar-refractivity contribution is 5.45. The number of methoxy groups -OCH3 is 1. The van der Waals surface area contributed by atoms with Crippen LogP contribution in [0, 0.1) is 0 Å². The second-order valence-corrected chi connectivity index (χ2v) is 4.91. The maximum absolute atomic E-state index is 10.2. The van der Waals surface area contributed by atoms with E-state index >= 15 is 0 Å². The number of hydrogen-bond acceptors (Lipinski definition) is 4. The monoisotopic (exact) mass is 265 g/mol. The average Bonchev–Trinajstić information content (AvgIpc) is 2.44. The summed E-state index contributed by atoms with van der Waals surface area (Å²) in [5, 5.41) is 10.2. The predicted octanol–water partition coefficient (Wildman–Crippen LogP) is 2.40. The molecule has 4 heteroatoms. The Labute approximate surface area is 114 Å². The molecule has 0 amide bonds. The fourth-order valence-corrected chi connectivity index (χ4v) is 2.51. The van der Waals surface area contributed by atoms with Crippen LogP contribution in [-0.4, -0.2) is 42.9 Å². The number of nitrogens with zero attached hydrogens (tertiary/aromatic N) is 1. The Balaban J connectivity index is 1.98. The molecule has 1 heterocycles. The first kappa shape index (κ1) is 14.2. The van der Waals surface area contributed by atoms with Gasteiger partial charge >= 0.3 is 0 Å². The highest BCUT2D eigenvalue weighted by Gasteiger charge is 2.20. The molecule has 106 valence electrons. The van der Waals surface area contributed by atoms with Gasteiger partial charge in [-0.2, -0.15) is 0 Å². The third kappa shape index (κ3) is 3.61. The Morgan fingerprint density at radius 2 is 2.05 bits per heavy atom. The molecule has 0 aliphatic carbocycles. The summed E-state index contributed by atoms with van der Waals surface area (Å²) < 4.78 is 10.8. The normalized spacial score (nSPS) is 17.6. The van der Waals surface area contributed by atoms with E-state index in [2.05, 4.69) is 4.90 Å². The number of ether oxygens (including phenoxy) is 2. The number of benzene rings is 1. The summed E-state index contributed by atoms with van der Waals surface area (Å²) >= 11 is 0. The van der Waals surface area contributed by atoms with Crippen molar-refractivity contribution in [1.29, 1.82) is 0 Å². The fourth-order valence-electron chi connectivity index (χ4n) is 2.51. The van der Waals surface area contributed by atoms with Gasteiger partial charge < -0.3 is 14.6 Å². The second kappa shape index (κ2) is 6.78. The number of phenolic OH excluding ortho intramolecular Hbond substituents is 1. The van der Waals surface area contributed by atoms with Crippen LogP contribution >= 0.6 is 0 Å². The topological polar surface area (TPSA) is 41.9 Å². The number of hydrogen-bond donors (Lipinski definition) is 1. The first-order valence-electron chi connectivity index (χ1n) is 6.93. The van der Waals surface area contributed by atoms with Gasteiger partial charge in [-0.1, -0.05) is 12.1 Å². The van der Waals surface area contributed by atoms with Crippen LogP contribution < -0.4 is 4.74 Å². The van der Waals surface area contributed by atoms with Crippen LogP contribution in [0.3, 0.4) is 0 Å². The predicted molar refractivity (Wildman–Crippen MR) is 74.6 cm³/mol. The average molecular weight is 265 g/mol. The summed E-state index contributed by atoms with van der Waals surface area (Å²) in [6.07, 6.45) is 2.50. The Hall–Kier alpha value is -1.26. The highest BCUT2D eigenvalue weighted by Crippen LogP contribution is 2.31. The van der Waals surface area contributed by atoms with Crippen molar-refractivity contribution in [2.45, 2.75) is 32.4 Å². The molecule has 0 unspecified atom stereocenters. The molecule has 0 radical (unpaired) electrons. The minimum Gasteiger partial charge on any atom is -0.504 e. The van der Waals surface area contributed by atoms with E-state index in [9.17, 15) is 5.11 Å². The number of phenols is 1. The van der Waals surface area contributed by atoms with Crippen LogP contribution in [0.15, 0.2) is 18.2 Å².